The third-order valence-corrected chi connectivity index (χ3v) is 7.34. The number of ether oxygens (including phenoxy) is 1. The van der Waals surface area contributed by atoms with Crippen LogP contribution in [0.15, 0.2) is 36.4 Å². The lowest BCUT2D eigenvalue weighted by Crippen LogP contribution is -2.49. The van der Waals surface area contributed by atoms with Crippen LogP contribution in [0.1, 0.15) is 43.6 Å². The van der Waals surface area contributed by atoms with Crippen molar-refractivity contribution in [3.63, 3.8) is 0 Å². The highest BCUT2D eigenvalue weighted by atomic mass is 19.1. The summed E-state index contributed by atoms with van der Waals surface area (Å²) in [4.78, 5) is 7.45. The van der Waals surface area contributed by atoms with Gasteiger partial charge in [-0.25, -0.2) is 8.78 Å². The lowest BCUT2D eigenvalue weighted by molar-refractivity contribution is 0.00508. The molecule has 5 nitrogen and oxygen atoms in total. The molecule has 0 aliphatic carbocycles. The van der Waals surface area contributed by atoms with E-state index in [1.807, 2.05) is 36.1 Å². The maximum absolute atomic E-state index is 15.7. The molecule has 2 aromatic carbocycles. The molecule has 0 bridgehead atoms. The largest absolute Gasteiger partial charge is 0.492 e. The first-order chi connectivity index (χ1) is 17.1. The Kier molecular flexibility index (Phi) is 6.78. The van der Waals surface area contributed by atoms with Crippen LogP contribution in [0.25, 0.3) is 10.9 Å². The molecule has 3 aromatic rings. The molecule has 0 amide bonds. The fourth-order valence-corrected chi connectivity index (χ4v) is 5.67. The minimum atomic E-state index is -1.05. The molecule has 194 valence electrons. The Hall–Kier alpha value is -2.55. The molecular formula is C28H34F3N3O2. The van der Waals surface area contributed by atoms with E-state index < -0.39 is 23.3 Å². The average molecular weight is 502 g/mol. The molecule has 2 aliphatic heterocycles. The number of hydrogen-bond donors (Lipinski definition) is 2. The van der Waals surface area contributed by atoms with Gasteiger partial charge in [-0.05, 0) is 38.8 Å². The van der Waals surface area contributed by atoms with Gasteiger partial charge in [0, 0.05) is 72.4 Å². The highest BCUT2D eigenvalue weighted by Gasteiger charge is 2.40. The minimum absolute atomic E-state index is 0.0486. The number of aromatic amines is 1. The van der Waals surface area contributed by atoms with Crippen LogP contribution in [0, 0.1) is 17.6 Å². The zero-order valence-corrected chi connectivity index (χ0v) is 21.0. The molecule has 0 unspecified atom stereocenters. The van der Waals surface area contributed by atoms with Crippen molar-refractivity contribution in [3.05, 3.63) is 64.9 Å². The van der Waals surface area contributed by atoms with E-state index in [4.69, 9.17) is 4.74 Å². The van der Waals surface area contributed by atoms with Gasteiger partial charge in [0.2, 0.25) is 0 Å². The van der Waals surface area contributed by atoms with Gasteiger partial charge < -0.3 is 14.8 Å². The van der Waals surface area contributed by atoms with Crippen molar-refractivity contribution in [2.24, 2.45) is 5.92 Å². The number of nitrogens with zero attached hydrogens (tertiary/aromatic N) is 2. The number of β-amino-alcohol motifs (C(OH)–C–C–N with tert-alkyl or cyclic N) is 1. The van der Waals surface area contributed by atoms with Gasteiger partial charge >= 0.3 is 0 Å². The Balaban J connectivity index is 1.47. The number of halogens is 3. The number of likely N-dealkylation sites (tertiary alicyclic amines) is 1. The third kappa shape index (κ3) is 4.86. The normalized spacial score (nSPS) is 21.5. The fourth-order valence-electron chi connectivity index (χ4n) is 5.67. The molecule has 0 radical (unpaired) electrons. The number of alkyl halides is 1. The van der Waals surface area contributed by atoms with Crippen molar-refractivity contribution >= 4 is 10.9 Å². The van der Waals surface area contributed by atoms with Gasteiger partial charge in [0.15, 0.2) is 0 Å². The van der Waals surface area contributed by atoms with Gasteiger partial charge in [0.25, 0.3) is 0 Å². The van der Waals surface area contributed by atoms with Crippen molar-refractivity contribution < 1.29 is 23.0 Å². The van der Waals surface area contributed by atoms with Crippen molar-refractivity contribution in [1.82, 2.24) is 14.8 Å². The molecular weight excluding hydrogens is 467 g/mol. The Morgan fingerprint density at radius 3 is 2.50 bits per heavy atom. The number of fused-ring (bicyclic) bond motifs is 3. The summed E-state index contributed by atoms with van der Waals surface area (Å²) in [5.41, 5.74) is 1.62. The molecule has 36 heavy (non-hydrogen) atoms. The monoisotopic (exact) mass is 501 g/mol. The third-order valence-electron chi connectivity index (χ3n) is 7.34. The maximum Gasteiger partial charge on any atom is 0.135 e. The molecule has 1 fully saturated rings. The van der Waals surface area contributed by atoms with E-state index in [2.05, 4.69) is 9.88 Å². The lowest BCUT2D eigenvalue weighted by Gasteiger charge is -2.43. The van der Waals surface area contributed by atoms with Gasteiger partial charge in [0.1, 0.15) is 24.0 Å². The molecule has 1 saturated heterocycles. The minimum Gasteiger partial charge on any atom is -0.492 e. The van der Waals surface area contributed by atoms with E-state index in [1.165, 1.54) is 12.1 Å². The predicted octanol–water partition coefficient (Wildman–Crippen LogP) is 4.83. The SMILES string of the molecule is C[C@@H]1Cc2c([nH]c3ccccc23)[C@@H](c2c(F)cc(OCCN3CC(CF)C3)cc2F)N1CC(C)(C)O. The number of rotatable bonds is 8. The first-order valence-corrected chi connectivity index (χ1v) is 12.6. The van der Waals surface area contributed by atoms with Crippen molar-refractivity contribution in [2.75, 3.05) is 39.5 Å². The van der Waals surface area contributed by atoms with Gasteiger partial charge in [-0.2, -0.15) is 0 Å². The fraction of sp³-hybridized carbons (Fsp3) is 0.500. The number of para-hydroxylation sites is 1. The van der Waals surface area contributed by atoms with Crippen LogP contribution in [-0.2, 0) is 6.42 Å². The summed E-state index contributed by atoms with van der Waals surface area (Å²) in [5.74, 6) is -1.16. The standard InChI is InChI=1S/C28H34F3N3O2/c1-17-10-21-20-6-4-5-7-24(20)32-26(21)27(34(17)16-28(2,3)35)25-22(30)11-19(12-23(25)31)36-9-8-33-14-18(13-29)15-33/h4-7,11-12,17-18,27,32,35H,8-10,13-16H2,1-3H3/t17-,27-/m1/s1. The van der Waals surface area contributed by atoms with E-state index in [0.29, 0.717) is 26.1 Å². The Bertz CT molecular complexity index is 1210. The highest BCUT2D eigenvalue weighted by Crippen LogP contribution is 2.43. The summed E-state index contributed by atoms with van der Waals surface area (Å²) in [6.07, 6.45) is 0.704. The zero-order chi connectivity index (χ0) is 25.6. The van der Waals surface area contributed by atoms with Crippen LogP contribution in [0.4, 0.5) is 13.2 Å². The summed E-state index contributed by atoms with van der Waals surface area (Å²) < 4.78 is 49.6. The summed E-state index contributed by atoms with van der Waals surface area (Å²) in [6, 6.07) is 9.59. The van der Waals surface area contributed by atoms with E-state index in [0.717, 1.165) is 22.2 Å². The molecule has 2 N–H and O–H groups in total. The Morgan fingerprint density at radius 1 is 1.14 bits per heavy atom. The maximum atomic E-state index is 15.7. The second-order valence-corrected chi connectivity index (χ2v) is 10.9. The lowest BCUT2D eigenvalue weighted by atomic mass is 9.87. The van der Waals surface area contributed by atoms with Crippen molar-refractivity contribution in [1.29, 1.82) is 0 Å². The molecule has 5 rings (SSSR count). The number of aromatic nitrogens is 1. The van der Waals surface area contributed by atoms with E-state index in [-0.39, 0.29) is 43.1 Å². The predicted molar refractivity (Wildman–Crippen MR) is 134 cm³/mol. The molecule has 2 atom stereocenters. The van der Waals surface area contributed by atoms with Crippen LogP contribution in [0.3, 0.4) is 0 Å². The molecule has 2 aliphatic rings. The van der Waals surface area contributed by atoms with Crippen LogP contribution in [-0.4, -0.2) is 71.0 Å². The number of hydrogen-bond acceptors (Lipinski definition) is 4. The van der Waals surface area contributed by atoms with Gasteiger partial charge in [-0.15, -0.1) is 0 Å². The van der Waals surface area contributed by atoms with Crippen LogP contribution in [0.2, 0.25) is 0 Å². The van der Waals surface area contributed by atoms with Crippen LogP contribution in [0.5, 0.6) is 5.75 Å². The van der Waals surface area contributed by atoms with Gasteiger partial charge in [0.05, 0.1) is 18.3 Å². The van der Waals surface area contributed by atoms with Crippen molar-refractivity contribution in [2.45, 2.75) is 44.9 Å². The second kappa shape index (κ2) is 9.72. The summed E-state index contributed by atoms with van der Waals surface area (Å²) in [6.45, 7) is 7.59. The zero-order valence-electron chi connectivity index (χ0n) is 21.0. The van der Waals surface area contributed by atoms with E-state index in [1.54, 1.807) is 13.8 Å². The van der Waals surface area contributed by atoms with E-state index in [9.17, 15) is 9.50 Å². The first kappa shape index (κ1) is 25.1. The van der Waals surface area contributed by atoms with Gasteiger partial charge in [-0.3, -0.25) is 14.2 Å². The average Bonchev–Trinajstić information content (AvgIpc) is 3.14. The second-order valence-electron chi connectivity index (χ2n) is 10.9. The summed E-state index contributed by atoms with van der Waals surface area (Å²) in [5, 5.41) is 11.7. The topological polar surface area (TPSA) is 51.7 Å². The molecule has 3 heterocycles. The van der Waals surface area contributed by atoms with Crippen LogP contribution >= 0.6 is 0 Å². The van der Waals surface area contributed by atoms with Crippen molar-refractivity contribution in [3.8, 4) is 5.75 Å². The molecule has 1 aromatic heterocycles. The first-order valence-electron chi connectivity index (χ1n) is 12.6. The number of nitrogens with one attached hydrogen (secondary N) is 1. The van der Waals surface area contributed by atoms with Crippen LogP contribution < -0.4 is 4.74 Å². The Labute approximate surface area is 209 Å². The number of aliphatic hydroxyl groups is 1. The Morgan fingerprint density at radius 2 is 1.83 bits per heavy atom. The quantitative estimate of drug-likeness (QED) is 0.464. The molecule has 0 saturated carbocycles. The molecule has 8 heteroatoms. The summed E-state index contributed by atoms with van der Waals surface area (Å²) in [7, 11) is 0. The number of H-pyrrole nitrogens is 1. The highest BCUT2D eigenvalue weighted by molar-refractivity contribution is 5.85. The van der Waals surface area contributed by atoms with Gasteiger partial charge in [-0.1, -0.05) is 18.2 Å². The summed E-state index contributed by atoms with van der Waals surface area (Å²) >= 11 is 0. The van der Waals surface area contributed by atoms with E-state index >= 15 is 8.78 Å². The number of benzene rings is 2. The smallest absolute Gasteiger partial charge is 0.135 e. The molecule has 0 spiro atoms.